The molecule has 0 heterocycles. The number of hydrogen-bond acceptors (Lipinski definition) is 3. The lowest BCUT2D eigenvalue weighted by molar-refractivity contribution is 0.0487. The van der Waals surface area contributed by atoms with Crippen molar-refractivity contribution in [2.45, 2.75) is 57.8 Å². The predicted octanol–water partition coefficient (Wildman–Crippen LogP) is 1.98. The van der Waals surface area contributed by atoms with E-state index in [0.717, 1.165) is 6.42 Å². The molecular weight excluding hydrogens is 206 g/mol. The first-order valence-corrected chi connectivity index (χ1v) is 5.69. The number of carbonyl (C=O) groups is 1. The quantitative estimate of drug-likeness (QED) is 0.673. The SMILES string of the molecule is CC(C)(C)OC(=O)NC1CC=CCC(O)C1. The van der Waals surface area contributed by atoms with Crippen molar-refractivity contribution in [3.8, 4) is 0 Å². The molecule has 0 saturated carbocycles. The Kier molecular flexibility index (Phi) is 4.35. The van der Waals surface area contributed by atoms with Gasteiger partial charge in [0.05, 0.1) is 6.10 Å². The highest BCUT2D eigenvalue weighted by atomic mass is 16.6. The van der Waals surface area contributed by atoms with Crippen LogP contribution in [0.2, 0.25) is 0 Å². The maximum Gasteiger partial charge on any atom is 0.407 e. The molecule has 0 aromatic heterocycles. The van der Waals surface area contributed by atoms with Crippen LogP contribution in [0.25, 0.3) is 0 Å². The second kappa shape index (κ2) is 5.34. The molecule has 0 saturated heterocycles. The molecular formula is C12H21NO3. The molecule has 1 aliphatic rings. The zero-order valence-corrected chi connectivity index (χ0v) is 10.2. The lowest BCUT2D eigenvalue weighted by Crippen LogP contribution is -2.40. The third-order valence-corrected chi connectivity index (χ3v) is 2.27. The molecule has 0 bridgehead atoms. The first-order valence-electron chi connectivity index (χ1n) is 5.69. The van der Waals surface area contributed by atoms with E-state index in [1.807, 2.05) is 32.9 Å². The third kappa shape index (κ3) is 5.16. The van der Waals surface area contributed by atoms with Crippen LogP contribution in [0, 0.1) is 0 Å². The van der Waals surface area contributed by atoms with Gasteiger partial charge in [-0.25, -0.2) is 4.79 Å². The molecule has 92 valence electrons. The monoisotopic (exact) mass is 227 g/mol. The molecule has 2 unspecified atom stereocenters. The average molecular weight is 227 g/mol. The number of aliphatic hydroxyl groups excluding tert-OH is 1. The minimum absolute atomic E-state index is 0.0383. The Bertz CT molecular complexity index is 268. The molecule has 0 aliphatic heterocycles. The summed E-state index contributed by atoms with van der Waals surface area (Å²) in [7, 11) is 0. The molecule has 2 N–H and O–H groups in total. The van der Waals surface area contributed by atoms with Gasteiger partial charge in [0, 0.05) is 6.04 Å². The lowest BCUT2D eigenvalue weighted by atomic mass is 10.1. The Hall–Kier alpha value is -1.03. The summed E-state index contributed by atoms with van der Waals surface area (Å²) < 4.78 is 5.16. The number of nitrogens with one attached hydrogen (secondary N) is 1. The topological polar surface area (TPSA) is 58.6 Å². The van der Waals surface area contributed by atoms with Gasteiger partial charge in [0.2, 0.25) is 0 Å². The highest BCUT2D eigenvalue weighted by Crippen LogP contribution is 2.13. The van der Waals surface area contributed by atoms with Crippen LogP contribution in [0.3, 0.4) is 0 Å². The second-order valence-electron chi connectivity index (χ2n) is 5.18. The summed E-state index contributed by atoms with van der Waals surface area (Å²) in [5.74, 6) is 0. The first kappa shape index (κ1) is 13.0. The van der Waals surface area contributed by atoms with Crippen molar-refractivity contribution in [1.82, 2.24) is 5.32 Å². The van der Waals surface area contributed by atoms with Crippen molar-refractivity contribution in [3.05, 3.63) is 12.2 Å². The fourth-order valence-electron chi connectivity index (χ4n) is 1.63. The van der Waals surface area contributed by atoms with Crippen molar-refractivity contribution in [2.75, 3.05) is 0 Å². The van der Waals surface area contributed by atoms with Crippen LogP contribution >= 0.6 is 0 Å². The highest BCUT2D eigenvalue weighted by molar-refractivity contribution is 5.68. The second-order valence-corrected chi connectivity index (χ2v) is 5.18. The van der Waals surface area contributed by atoms with Crippen molar-refractivity contribution in [3.63, 3.8) is 0 Å². The zero-order valence-electron chi connectivity index (χ0n) is 10.2. The summed E-state index contributed by atoms with van der Waals surface area (Å²) in [6.07, 6.45) is 5.12. The Morgan fingerprint density at radius 2 is 2.00 bits per heavy atom. The molecule has 1 rings (SSSR count). The number of rotatable bonds is 1. The molecule has 0 fully saturated rings. The summed E-state index contributed by atoms with van der Waals surface area (Å²) >= 11 is 0. The van der Waals surface area contributed by atoms with Crippen LogP contribution in [-0.4, -0.2) is 28.9 Å². The van der Waals surface area contributed by atoms with E-state index in [1.54, 1.807) is 0 Å². The van der Waals surface area contributed by atoms with Crippen LogP contribution in [-0.2, 0) is 4.74 Å². The standard InChI is InChI=1S/C12H21NO3/c1-12(2,3)16-11(15)13-9-6-4-5-7-10(14)8-9/h4-5,9-10,14H,6-8H2,1-3H3,(H,13,15). The van der Waals surface area contributed by atoms with E-state index >= 15 is 0 Å². The molecule has 0 aromatic rings. The van der Waals surface area contributed by atoms with Crippen LogP contribution < -0.4 is 5.32 Å². The van der Waals surface area contributed by atoms with Gasteiger partial charge in [0.1, 0.15) is 5.60 Å². The number of carbonyl (C=O) groups excluding carboxylic acids is 1. The number of aliphatic hydroxyl groups is 1. The van der Waals surface area contributed by atoms with E-state index in [1.165, 1.54) is 0 Å². The number of hydrogen-bond donors (Lipinski definition) is 2. The van der Waals surface area contributed by atoms with Gasteiger partial charge < -0.3 is 15.2 Å². The van der Waals surface area contributed by atoms with Gasteiger partial charge >= 0.3 is 6.09 Å². The van der Waals surface area contributed by atoms with E-state index < -0.39 is 11.7 Å². The number of alkyl carbamates (subject to hydrolysis) is 1. The van der Waals surface area contributed by atoms with E-state index in [0.29, 0.717) is 12.8 Å². The summed E-state index contributed by atoms with van der Waals surface area (Å²) in [5.41, 5.74) is -0.483. The molecule has 4 heteroatoms. The Morgan fingerprint density at radius 1 is 1.38 bits per heavy atom. The predicted molar refractivity (Wildman–Crippen MR) is 62.2 cm³/mol. The molecule has 0 aromatic carbocycles. The summed E-state index contributed by atoms with van der Waals surface area (Å²) in [4.78, 5) is 11.5. The minimum atomic E-state index is -0.483. The Labute approximate surface area is 96.7 Å². The average Bonchev–Trinajstić information content (AvgIpc) is 2.26. The van der Waals surface area contributed by atoms with Crippen LogP contribution in [0.4, 0.5) is 4.79 Å². The van der Waals surface area contributed by atoms with E-state index in [2.05, 4.69) is 5.32 Å². The molecule has 2 atom stereocenters. The minimum Gasteiger partial charge on any atom is -0.444 e. The van der Waals surface area contributed by atoms with E-state index in [-0.39, 0.29) is 12.1 Å². The van der Waals surface area contributed by atoms with Gasteiger partial charge in [-0.05, 0) is 40.0 Å². The maximum atomic E-state index is 11.5. The van der Waals surface area contributed by atoms with E-state index in [9.17, 15) is 9.90 Å². The van der Waals surface area contributed by atoms with Crippen LogP contribution in [0.5, 0.6) is 0 Å². The van der Waals surface area contributed by atoms with Gasteiger partial charge in [-0.15, -0.1) is 0 Å². The van der Waals surface area contributed by atoms with Crippen molar-refractivity contribution < 1.29 is 14.6 Å². The lowest BCUT2D eigenvalue weighted by Gasteiger charge is -2.23. The van der Waals surface area contributed by atoms with Crippen LogP contribution in [0.1, 0.15) is 40.0 Å². The van der Waals surface area contributed by atoms with Crippen LogP contribution in [0.15, 0.2) is 12.2 Å². The molecule has 0 radical (unpaired) electrons. The molecule has 1 amide bonds. The maximum absolute atomic E-state index is 11.5. The Morgan fingerprint density at radius 3 is 2.62 bits per heavy atom. The van der Waals surface area contributed by atoms with Crippen molar-refractivity contribution in [2.24, 2.45) is 0 Å². The third-order valence-electron chi connectivity index (χ3n) is 2.27. The van der Waals surface area contributed by atoms with Gasteiger partial charge in [0.25, 0.3) is 0 Å². The molecule has 4 nitrogen and oxygen atoms in total. The van der Waals surface area contributed by atoms with Gasteiger partial charge in [-0.2, -0.15) is 0 Å². The first-order chi connectivity index (χ1) is 7.37. The number of ether oxygens (including phenoxy) is 1. The van der Waals surface area contributed by atoms with Gasteiger partial charge in [-0.1, -0.05) is 12.2 Å². The van der Waals surface area contributed by atoms with Crippen molar-refractivity contribution in [1.29, 1.82) is 0 Å². The summed E-state index contributed by atoms with van der Waals surface area (Å²) in [6, 6.07) is -0.0383. The zero-order chi connectivity index (χ0) is 12.2. The molecule has 16 heavy (non-hydrogen) atoms. The fraction of sp³-hybridized carbons (Fsp3) is 0.750. The molecule has 0 spiro atoms. The fourth-order valence-corrected chi connectivity index (χ4v) is 1.63. The summed E-state index contributed by atoms with van der Waals surface area (Å²) in [6.45, 7) is 5.48. The summed E-state index contributed by atoms with van der Waals surface area (Å²) in [5, 5.41) is 12.3. The molecule has 1 aliphatic carbocycles. The van der Waals surface area contributed by atoms with Gasteiger partial charge in [-0.3, -0.25) is 0 Å². The number of amides is 1. The Balaban J connectivity index is 2.41. The van der Waals surface area contributed by atoms with E-state index in [4.69, 9.17) is 4.74 Å². The largest absolute Gasteiger partial charge is 0.444 e. The highest BCUT2D eigenvalue weighted by Gasteiger charge is 2.21. The van der Waals surface area contributed by atoms with Crippen molar-refractivity contribution >= 4 is 6.09 Å². The normalized spacial score (nSPS) is 26.0. The van der Waals surface area contributed by atoms with Gasteiger partial charge in [0.15, 0.2) is 0 Å². The smallest absolute Gasteiger partial charge is 0.407 e.